The van der Waals surface area contributed by atoms with E-state index in [9.17, 15) is 0 Å². The molecule has 0 amide bonds. The SMILES string of the molecule is c1ccc2c(c1)CN(CCCC1CCCCN1)CCO2. The van der Waals surface area contributed by atoms with E-state index < -0.39 is 0 Å². The number of rotatable bonds is 4. The monoisotopic (exact) mass is 274 g/mol. The highest BCUT2D eigenvalue weighted by atomic mass is 16.5. The van der Waals surface area contributed by atoms with Gasteiger partial charge in [-0.05, 0) is 44.8 Å². The minimum absolute atomic E-state index is 0.763. The van der Waals surface area contributed by atoms with Crippen LogP contribution in [0.3, 0.4) is 0 Å². The highest BCUT2D eigenvalue weighted by Crippen LogP contribution is 2.22. The Morgan fingerprint density at radius 1 is 1.25 bits per heavy atom. The second kappa shape index (κ2) is 7.09. The zero-order valence-electron chi connectivity index (χ0n) is 12.3. The Morgan fingerprint density at radius 3 is 3.10 bits per heavy atom. The van der Waals surface area contributed by atoms with Crippen molar-refractivity contribution in [3.63, 3.8) is 0 Å². The van der Waals surface area contributed by atoms with E-state index >= 15 is 0 Å². The van der Waals surface area contributed by atoms with Gasteiger partial charge in [-0.3, -0.25) is 4.90 Å². The maximum atomic E-state index is 5.82. The Morgan fingerprint density at radius 2 is 2.20 bits per heavy atom. The van der Waals surface area contributed by atoms with E-state index in [2.05, 4.69) is 34.5 Å². The zero-order chi connectivity index (χ0) is 13.6. The van der Waals surface area contributed by atoms with E-state index in [1.165, 1.54) is 50.8 Å². The average molecular weight is 274 g/mol. The lowest BCUT2D eigenvalue weighted by atomic mass is 10.0. The Bertz CT molecular complexity index is 415. The first-order valence-corrected chi connectivity index (χ1v) is 8.08. The Kier molecular flexibility index (Phi) is 4.93. The van der Waals surface area contributed by atoms with E-state index in [0.717, 1.165) is 31.5 Å². The highest BCUT2D eigenvalue weighted by molar-refractivity contribution is 5.33. The Balaban J connectivity index is 1.46. The number of fused-ring (bicyclic) bond motifs is 1. The molecule has 0 aromatic heterocycles. The summed E-state index contributed by atoms with van der Waals surface area (Å²) in [6, 6.07) is 9.21. The van der Waals surface area contributed by atoms with Crippen LogP contribution in [0.25, 0.3) is 0 Å². The molecule has 20 heavy (non-hydrogen) atoms. The fourth-order valence-electron chi connectivity index (χ4n) is 3.30. The molecule has 1 atom stereocenters. The van der Waals surface area contributed by atoms with Crippen molar-refractivity contribution >= 4 is 0 Å². The first-order chi connectivity index (χ1) is 9.92. The van der Waals surface area contributed by atoms with Crippen molar-refractivity contribution in [1.29, 1.82) is 0 Å². The normalized spacial score (nSPS) is 23.7. The molecule has 0 aliphatic carbocycles. The molecular formula is C17H26N2O. The third-order valence-electron chi connectivity index (χ3n) is 4.47. The minimum atomic E-state index is 0.763. The summed E-state index contributed by atoms with van der Waals surface area (Å²) in [4.78, 5) is 2.54. The lowest BCUT2D eigenvalue weighted by Crippen LogP contribution is -2.35. The van der Waals surface area contributed by atoms with Gasteiger partial charge in [-0.15, -0.1) is 0 Å². The molecule has 2 heterocycles. The van der Waals surface area contributed by atoms with Crippen LogP contribution in [0, 0.1) is 0 Å². The molecule has 3 heteroatoms. The largest absolute Gasteiger partial charge is 0.492 e. The lowest BCUT2D eigenvalue weighted by Gasteiger charge is -2.25. The molecule has 0 spiro atoms. The molecular weight excluding hydrogens is 248 g/mol. The fraction of sp³-hybridized carbons (Fsp3) is 0.647. The smallest absolute Gasteiger partial charge is 0.123 e. The number of ether oxygens (including phenoxy) is 1. The fourth-order valence-corrected chi connectivity index (χ4v) is 3.30. The molecule has 3 nitrogen and oxygen atoms in total. The number of nitrogens with one attached hydrogen (secondary N) is 1. The topological polar surface area (TPSA) is 24.5 Å². The summed E-state index contributed by atoms with van der Waals surface area (Å²) < 4.78 is 5.82. The predicted molar refractivity (Wildman–Crippen MR) is 82.1 cm³/mol. The summed E-state index contributed by atoms with van der Waals surface area (Å²) in [5.41, 5.74) is 1.33. The molecule has 1 aromatic rings. The molecule has 1 aromatic carbocycles. The van der Waals surface area contributed by atoms with Crippen molar-refractivity contribution < 1.29 is 4.74 Å². The number of benzene rings is 1. The van der Waals surface area contributed by atoms with E-state index in [-0.39, 0.29) is 0 Å². The van der Waals surface area contributed by atoms with Crippen LogP contribution < -0.4 is 10.1 Å². The summed E-state index contributed by atoms with van der Waals surface area (Å²) >= 11 is 0. The van der Waals surface area contributed by atoms with Crippen LogP contribution in [0.1, 0.15) is 37.7 Å². The summed E-state index contributed by atoms with van der Waals surface area (Å²) in [7, 11) is 0. The number of hydrogen-bond acceptors (Lipinski definition) is 3. The van der Waals surface area contributed by atoms with Crippen LogP contribution in [0.4, 0.5) is 0 Å². The Labute approximate surface area is 122 Å². The van der Waals surface area contributed by atoms with Gasteiger partial charge in [0.15, 0.2) is 0 Å². The van der Waals surface area contributed by atoms with Crippen molar-refractivity contribution in [2.45, 2.75) is 44.7 Å². The molecule has 1 saturated heterocycles. The number of piperidine rings is 1. The molecule has 1 N–H and O–H groups in total. The van der Waals surface area contributed by atoms with E-state index in [0.29, 0.717) is 0 Å². The Hall–Kier alpha value is -1.06. The van der Waals surface area contributed by atoms with Crippen molar-refractivity contribution in [2.75, 3.05) is 26.2 Å². The van der Waals surface area contributed by atoms with Crippen molar-refractivity contribution in [3.05, 3.63) is 29.8 Å². The first kappa shape index (κ1) is 13.9. The molecule has 2 aliphatic rings. The standard InChI is InChI=1S/C17H26N2O/c1-2-9-17-15(6-1)14-19(12-13-20-17)11-5-8-16-7-3-4-10-18-16/h1-2,6,9,16,18H,3-5,7-8,10-14H2. The van der Waals surface area contributed by atoms with E-state index in [1.807, 2.05) is 0 Å². The molecule has 0 saturated carbocycles. The van der Waals surface area contributed by atoms with Gasteiger partial charge in [0.25, 0.3) is 0 Å². The number of hydrogen-bond donors (Lipinski definition) is 1. The second-order valence-electron chi connectivity index (χ2n) is 6.02. The molecule has 0 bridgehead atoms. The van der Waals surface area contributed by atoms with Crippen LogP contribution in [0.5, 0.6) is 5.75 Å². The van der Waals surface area contributed by atoms with Crippen LogP contribution in [-0.4, -0.2) is 37.2 Å². The number of nitrogens with zero attached hydrogens (tertiary/aromatic N) is 1. The first-order valence-electron chi connectivity index (χ1n) is 8.08. The molecule has 110 valence electrons. The molecule has 0 radical (unpaired) electrons. The van der Waals surface area contributed by atoms with Crippen molar-refractivity contribution in [1.82, 2.24) is 10.2 Å². The van der Waals surface area contributed by atoms with E-state index in [4.69, 9.17) is 4.74 Å². The van der Waals surface area contributed by atoms with Gasteiger partial charge in [0, 0.05) is 24.7 Å². The maximum absolute atomic E-state index is 5.82. The van der Waals surface area contributed by atoms with Gasteiger partial charge in [-0.1, -0.05) is 24.6 Å². The zero-order valence-corrected chi connectivity index (χ0v) is 12.3. The van der Waals surface area contributed by atoms with Crippen LogP contribution in [-0.2, 0) is 6.54 Å². The van der Waals surface area contributed by atoms with Gasteiger partial charge in [0.05, 0.1) is 0 Å². The van der Waals surface area contributed by atoms with Gasteiger partial charge < -0.3 is 10.1 Å². The third kappa shape index (κ3) is 3.74. The molecule has 3 rings (SSSR count). The van der Waals surface area contributed by atoms with Gasteiger partial charge in [0.1, 0.15) is 12.4 Å². The summed E-state index contributed by atoms with van der Waals surface area (Å²) in [6.45, 7) is 5.31. The molecule has 1 fully saturated rings. The lowest BCUT2D eigenvalue weighted by molar-refractivity contribution is 0.218. The maximum Gasteiger partial charge on any atom is 0.123 e. The molecule has 1 unspecified atom stereocenters. The number of para-hydroxylation sites is 1. The summed E-state index contributed by atoms with van der Waals surface area (Å²) in [5.74, 6) is 1.07. The molecule has 2 aliphatic heterocycles. The van der Waals surface area contributed by atoms with E-state index in [1.54, 1.807) is 0 Å². The van der Waals surface area contributed by atoms with Crippen molar-refractivity contribution in [2.24, 2.45) is 0 Å². The quantitative estimate of drug-likeness (QED) is 0.913. The van der Waals surface area contributed by atoms with Gasteiger partial charge in [-0.25, -0.2) is 0 Å². The average Bonchev–Trinajstić information content (AvgIpc) is 2.70. The van der Waals surface area contributed by atoms with Gasteiger partial charge >= 0.3 is 0 Å². The van der Waals surface area contributed by atoms with Crippen LogP contribution >= 0.6 is 0 Å². The highest BCUT2D eigenvalue weighted by Gasteiger charge is 2.16. The third-order valence-corrected chi connectivity index (χ3v) is 4.47. The van der Waals surface area contributed by atoms with Crippen molar-refractivity contribution in [3.8, 4) is 5.75 Å². The van der Waals surface area contributed by atoms with Gasteiger partial charge in [0.2, 0.25) is 0 Å². The van der Waals surface area contributed by atoms with Crippen LogP contribution in [0.2, 0.25) is 0 Å². The summed E-state index contributed by atoms with van der Waals surface area (Å²) in [5, 5.41) is 3.64. The second-order valence-corrected chi connectivity index (χ2v) is 6.02. The minimum Gasteiger partial charge on any atom is -0.492 e. The summed E-state index contributed by atoms with van der Waals surface area (Å²) in [6.07, 6.45) is 6.74. The van der Waals surface area contributed by atoms with Crippen LogP contribution in [0.15, 0.2) is 24.3 Å². The van der Waals surface area contributed by atoms with Gasteiger partial charge in [-0.2, -0.15) is 0 Å². The predicted octanol–water partition coefficient (Wildman–Crippen LogP) is 2.80.